The molecule has 4 nitrogen and oxygen atoms in total. The minimum absolute atomic E-state index is 0.0487. The molecule has 0 aliphatic rings. The molecule has 5 heteroatoms. The molecule has 0 radical (unpaired) electrons. The van der Waals surface area contributed by atoms with Crippen LogP contribution in [0.25, 0.3) is 0 Å². The van der Waals surface area contributed by atoms with E-state index in [-0.39, 0.29) is 10.7 Å². The van der Waals surface area contributed by atoms with Crippen molar-refractivity contribution >= 4 is 29.7 Å². The van der Waals surface area contributed by atoms with Crippen LogP contribution in [0.5, 0.6) is 0 Å². The molecule has 0 aliphatic carbocycles. The minimum Gasteiger partial charge on any atom is -0.263 e. The maximum Gasteiger partial charge on any atom is 0.271 e. The molecule has 0 saturated heterocycles. The molecule has 0 bridgehead atoms. The fraction of sp³-hybridized carbons (Fsp3) is 0. The Morgan fingerprint density at radius 1 is 1.58 bits per heavy atom. The van der Waals surface area contributed by atoms with Gasteiger partial charge in [-0.25, -0.2) is 0 Å². The molecule has 0 atom stereocenters. The van der Waals surface area contributed by atoms with Gasteiger partial charge < -0.3 is 0 Å². The second-order valence-corrected chi connectivity index (χ2v) is 2.46. The van der Waals surface area contributed by atoms with Gasteiger partial charge in [0.1, 0.15) is 0 Å². The first-order valence-electron chi connectivity index (χ1n) is 3.06. The number of aliphatic imine (C=N–C) groups is 1. The highest BCUT2D eigenvalue weighted by Gasteiger charge is 2.07. The first kappa shape index (κ1) is 8.67. The van der Waals surface area contributed by atoms with Crippen molar-refractivity contribution in [3.8, 4) is 0 Å². The van der Waals surface area contributed by atoms with E-state index in [1.54, 1.807) is 0 Å². The van der Waals surface area contributed by atoms with Crippen LogP contribution < -0.4 is 0 Å². The zero-order chi connectivity index (χ0) is 9.14. The molecule has 0 N–H and O–H groups in total. The van der Waals surface area contributed by atoms with Gasteiger partial charge in [-0.2, -0.15) is 0 Å². The Morgan fingerprint density at radius 3 is 2.67 bits per heavy atom. The molecular formula is C7H5ClN2O2. The van der Waals surface area contributed by atoms with Crippen LogP contribution in [0.2, 0.25) is 5.02 Å². The van der Waals surface area contributed by atoms with Gasteiger partial charge in [0.25, 0.3) is 5.69 Å². The second-order valence-electron chi connectivity index (χ2n) is 2.05. The van der Waals surface area contributed by atoms with Crippen molar-refractivity contribution in [2.45, 2.75) is 0 Å². The molecule has 0 fully saturated rings. The number of halogens is 1. The molecule has 0 saturated carbocycles. The lowest BCUT2D eigenvalue weighted by atomic mass is 10.3. The zero-order valence-electron chi connectivity index (χ0n) is 6.03. The van der Waals surface area contributed by atoms with Crippen molar-refractivity contribution in [3.63, 3.8) is 0 Å². The van der Waals surface area contributed by atoms with E-state index in [1.807, 2.05) is 0 Å². The molecule has 62 valence electrons. The third kappa shape index (κ3) is 1.60. The average Bonchev–Trinajstić information content (AvgIpc) is 2.04. The third-order valence-electron chi connectivity index (χ3n) is 1.31. The van der Waals surface area contributed by atoms with E-state index in [4.69, 9.17) is 11.6 Å². The van der Waals surface area contributed by atoms with Gasteiger partial charge in [0, 0.05) is 12.1 Å². The first-order chi connectivity index (χ1) is 5.65. The number of hydrogen-bond donors (Lipinski definition) is 0. The number of benzene rings is 1. The van der Waals surface area contributed by atoms with Crippen LogP contribution in [-0.2, 0) is 0 Å². The number of rotatable bonds is 2. The van der Waals surface area contributed by atoms with Crippen molar-refractivity contribution in [1.82, 2.24) is 0 Å². The van der Waals surface area contributed by atoms with E-state index >= 15 is 0 Å². The smallest absolute Gasteiger partial charge is 0.263 e. The molecule has 0 spiro atoms. The molecular weight excluding hydrogens is 180 g/mol. The summed E-state index contributed by atoms with van der Waals surface area (Å²) in [5, 5.41) is 10.5. The van der Waals surface area contributed by atoms with Crippen molar-refractivity contribution in [2.75, 3.05) is 0 Å². The number of nitro benzene ring substituents is 1. The van der Waals surface area contributed by atoms with Crippen LogP contribution in [0.3, 0.4) is 0 Å². The molecule has 1 aromatic rings. The van der Waals surface area contributed by atoms with E-state index in [1.165, 1.54) is 18.2 Å². The quantitative estimate of drug-likeness (QED) is 0.403. The SMILES string of the molecule is C=Nc1ccc([N+](=O)[O-])cc1Cl. The first-order valence-corrected chi connectivity index (χ1v) is 3.43. The highest BCUT2D eigenvalue weighted by molar-refractivity contribution is 6.33. The summed E-state index contributed by atoms with van der Waals surface area (Å²) >= 11 is 5.64. The molecule has 0 aromatic heterocycles. The summed E-state index contributed by atoms with van der Waals surface area (Å²) in [7, 11) is 0. The van der Waals surface area contributed by atoms with Crippen molar-refractivity contribution in [3.05, 3.63) is 33.3 Å². The Labute approximate surface area is 73.6 Å². The van der Waals surface area contributed by atoms with E-state index in [0.717, 1.165) is 0 Å². The van der Waals surface area contributed by atoms with Gasteiger partial charge in [-0.3, -0.25) is 15.1 Å². The molecule has 12 heavy (non-hydrogen) atoms. The normalized spacial score (nSPS) is 9.42. The summed E-state index contributed by atoms with van der Waals surface area (Å²) in [6.07, 6.45) is 0. The third-order valence-corrected chi connectivity index (χ3v) is 1.62. The van der Waals surface area contributed by atoms with Crippen molar-refractivity contribution in [2.24, 2.45) is 4.99 Å². The van der Waals surface area contributed by atoms with Gasteiger partial charge in [0.15, 0.2) is 0 Å². The van der Waals surface area contributed by atoms with Crippen LogP contribution >= 0.6 is 11.6 Å². The lowest BCUT2D eigenvalue weighted by Gasteiger charge is -1.95. The summed E-state index contributed by atoms with van der Waals surface area (Å²) < 4.78 is 0. The number of hydrogen-bond acceptors (Lipinski definition) is 3. The Hall–Kier alpha value is -1.42. The van der Waals surface area contributed by atoms with Gasteiger partial charge in [-0.1, -0.05) is 11.6 Å². The van der Waals surface area contributed by atoms with Gasteiger partial charge in [0.05, 0.1) is 15.6 Å². The highest BCUT2D eigenvalue weighted by atomic mass is 35.5. The van der Waals surface area contributed by atoms with Crippen LogP contribution in [0.15, 0.2) is 23.2 Å². The summed E-state index contributed by atoms with van der Waals surface area (Å²) in [5.41, 5.74) is 0.398. The standard InChI is InChI=1S/C7H5ClN2O2/c1-9-7-3-2-5(10(11)12)4-6(7)8/h2-4H,1H2. The lowest BCUT2D eigenvalue weighted by Crippen LogP contribution is -1.86. The summed E-state index contributed by atoms with van der Waals surface area (Å²) in [4.78, 5) is 13.3. The van der Waals surface area contributed by atoms with Gasteiger partial charge >= 0.3 is 0 Å². The van der Waals surface area contributed by atoms with E-state index in [9.17, 15) is 10.1 Å². The predicted octanol–water partition coefficient (Wildman–Crippen LogP) is 2.58. The van der Waals surface area contributed by atoms with Crippen LogP contribution in [0, 0.1) is 10.1 Å². The topological polar surface area (TPSA) is 55.5 Å². The average molecular weight is 185 g/mol. The number of nitrogens with zero attached hydrogens (tertiary/aromatic N) is 2. The Morgan fingerprint density at radius 2 is 2.25 bits per heavy atom. The predicted molar refractivity (Wildman–Crippen MR) is 47.3 cm³/mol. The van der Waals surface area contributed by atoms with Gasteiger partial charge in [-0.15, -0.1) is 0 Å². The Kier molecular flexibility index (Phi) is 2.40. The molecule has 1 rings (SSSR count). The summed E-state index contributed by atoms with van der Waals surface area (Å²) in [6, 6.07) is 4.02. The highest BCUT2D eigenvalue weighted by Crippen LogP contribution is 2.28. The maximum atomic E-state index is 10.3. The van der Waals surface area contributed by atoms with E-state index < -0.39 is 4.92 Å². The summed E-state index contributed by atoms with van der Waals surface area (Å²) in [6.45, 7) is 3.26. The van der Waals surface area contributed by atoms with Gasteiger partial charge in [-0.05, 0) is 12.8 Å². The Bertz CT molecular complexity index is 338. The van der Waals surface area contributed by atoms with E-state index in [2.05, 4.69) is 11.7 Å². The second kappa shape index (κ2) is 3.32. The van der Waals surface area contributed by atoms with Crippen LogP contribution in [0.1, 0.15) is 0 Å². The molecule has 0 aliphatic heterocycles. The van der Waals surface area contributed by atoms with E-state index in [0.29, 0.717) is 5.69 Å². The van der Waals surface area contributed by atoms with Gasteiger partial charge in [0.2, 0.25) is 0 Å². The zero-order valence-corrected chi connectivity index (χ0v) is 6.78. The lowest BCUT2D eigenvalue weighted by molar-refractivity contribution is -0.384. The monoisotopic (exact) mass is 184 g/mol. The van der Waals surface area contributed by atoms with Crippen molar-refractivity contribution < 1.29 is 4.92 Å². The van der Waals surface area contributed by atoms with Crippen LogP contribution in [-0.4, -0.2) is 11.6 Å². The molecule has 1 aromatic carbocycles. The molecule has 0 amide bonds. The molecule has 0 unspecified atom stereocenters. The number of non-ortho nitro benzene ring substituents is 1. The van der Waals surface area contributed by atoms with Crippen molar-refractivity contribution in [1.29, 1.82) is 0 Å². The Balaban J connectivity index is 3.18. The van der Waals surface area contributed by atoms with Crippen LogP contribution in [0.4, 0.5) is 11.4 Å². The minimum atomic E-state index is -0.515. The fourth-order valence-electron chi connectivity index (χ4n) is 0.738. The largest absolute Gasteiger partial charge is 0.271 e. The summed E-state index contributed by atoms with van der Waals surface area (Å²) in [5.74, 6) is 0. The number of nitro groups is 1. The fourth-order valence-corrected chi connectivity index (χ4v) is 0.972. The maximum absolute atomic E-state index is 10.3. The molecule has 0 heterocycles.